The molecule has 0 aliphatic heterocycles. The molecule has 0 aromatic carbocycles. The van der Waals surface area contributed by atoms with E-state index in [9.17, 15) is 4.79 Å². The summed E-state index contributed by atoms with van der Waals surface area (Å²) in [5, 5.41) is 9.28. The average Bonchev–Trinajstić information content (AvgIpc) is 2.71. The zero-order valence-corrected chi connectivity index (χ0v) is 11.0. The number of carboxylic acids is 1. The lowest BCUT2D eigenvalue weighted by Crippen LogP contribution is -2.01. The molecule has 17 heavy (non-hydrogen) atoms. The van der Waals surface area contributed by atoms with Gasteiger partial charge in [-0.05, 0) is 24.5 Å². The second-order valence-corrected chi connectivity index (χ2v) is 5.17. The molecule has 0 unspecified atom stereocenters. The first-order chi connectivity index (χ1) is 8.09. The molecule has 0 aliphatic carbocycles. The molecule has 0 aliphatic rings. The van der Waals surface area contributed by atoms with Crippen molar-refractivity contribution in [2.45, 2.75) is 25.4 Å². The highest BCUT2D eigenvalue weighted by Crippen LogP contribution is 2.20. The molecule has 0 radical (unpaired) electrons. The van der Waals surface area contributed by atoms with Crippen LogP contribution in [0, 0.1) is 5.92 Å². The third kappa shape index (κ3) is 5.79. The molecule has 4 nitrogen and oxygen atoms in total. The van der Waals surface area contributed by atoms with Gasteiger partial charge in [-0.15, -0.1) is 0 Å². The van der Waals surface area contributed by atoms with Crippen molar-refractivity contribution in [2.75, 3.05) is 19.0 Å². The third-order valence-corrected chi connectivity index (χ3v) is 2.98. The summed E-state index contributed by atoms with van der Waals surface area (Å²) < 4.78 is 10.5. The van der Waals surface area contributed by atoms with Gasteiger partial charge in [0.25, 0.3) is 0 Å². The summed E-state index contributed by atoms with van der Waals surface area (Å²) in [5.74, 6) is 0.370. The van der Waals surface area contributed by atoms with Crippen LogP contribution < -0.4 is 0 Å². The van der Waals surface area contributed by atoms with E-state index in [0.717, 1.165) is 18.8 Å². The van der Waals surface area contributed by atoms with Crippen LogP contribution in [-0.2, 0) is 4.74 Å². The fraction of sp³-hybridized carbons (Fsp3) is 0.583. The van der Waals surface area contributed by atoms with Gasteiger partial charge < -0.3 is 14.3 Å². The Morgan fingerprint density at radius 2 is 2.24 bits per heavy atom. The smallest absolute Gasteiger partial charge is 0.371 e. The molecule has 1 aromatic heterocycles. The molecular formula is C12H18O4S. The van der Waals surface area contributed by atoms with E-state index in [1.165, 1.54) is 17.8 Å². The van der Waals surface area contributed by atoms with Crippen molar-refractivity contribution >= 4 is 17.7 Å². The van der Waals surface area contributed by atoms with Gasteiger partial charge in [-0.3, -0.25) is 0 Å². The summed E-state index contributed by atoms with van der Waals surface area (Å²) in [7, 11) is 0. The summed E-state index contributed by atoms with van der Waals surface area (Å²) in [5.41, 5.74) is 0. The summed E-state index contributed by atoms with van der Waals surface area (Å²) in [6, 6.07) is 3.13. The Bertz CT molecular complexity index is 346. The van der Waals surface area contributed by atoms with Gasteiger partial charge in [-0.1, -0.05) is 25.6 Å². The zero-order chi connectivity index (χ0) is 12.7. The van der Waals surface area contributed by atoms with Gasteiger partial charge in [0, 0.05) is 12.4 Å². The first kappa shape index (κ1) is 14.1. The SMILES string of the molecule is CC(C)CCOCCSc1ccc(C(=O)O)o1. The molecule has 96 valence electrons. The van der Waals surface area contributed by atoms with Crippen LogP contribution in [0.1, 0.15) is 30.8 Å². The number of carbonyl (C=O) groups is 1. The molecule has 0 bridgehead atoms. The Morgan fingerprint density at radius 1 is 1.47 bits per heavy atom. The van der Waals surface area contributed by atoms with Crippen LogP contribution in [0.4, 0.5) is 0 Å². The van der Waals surface area contributed by atoms with Gasteiger partial charge in [0.1, 0.15) is 0 Å². The summed E-state index contributed by atoms with van der Waals surface area (Å²) in [4.78, 5) is 10.6. The highest BCUT2D eigenvalue weighted by molar-refractivity contribution is 7.99. The fourth-order valence-electron chi connectivity index (χ4n) is 1.13. The maximum atomic E-state index is 10.6. The van der Waals surface area contributed by atoms with Crippen molar-refractivity contribution in [1.82, 2.24) is 0 Å². The number of hydrogen-bond donors (Lipinski definition) is 1. The normalized spacial score (nSPS) is 11.0. The van der Waals surface area contributed by atoms with Crippen LogP contribution in [0.3, 0.4) is 0 Å². The van der Waals surface area contributed by atoms with E-state index >= 15 is 0 Å². The minimum absolute atomic E-state index is 0.0202. The van der Waals surface area contributed by atoms with Crippen LogP contribution in [0.2, 0.25) is 0 Å². The molecule has 0 fully saturated rings. The summed E-state index contributed by atoms with van der Waals surface area (Å²) in [6.07, 6.45) is 1.06. The number of furan rings is 1. The second-order valence-electron chi connectivity index (χ2n) is 4.07. The first-order valence-electron chi connectivity index (χ1n) is 5.63. The monoisotopic (exact) mass is 258 g/mol. The van der Waals surface area contributed by atoms with E-state index in [1.54, 1.807) is 6.07 Å². The number of aromatic carboxylic acids is 1. The number of rotatable bonds is 8. The van der Waals surface area contributed by atoms with E-state index < -0.39 is 5.97 Å². The predicted octanol–water partition coefficient (Wildman–Crippen LogP) is 3.13. The molecule has 1 aromatic rings. The van der Waals surface area contributed by atoms with Crippen LogP contribution in [0.15, 0.2) is 21.6 Å². The molecule has 0 saturated carbocycles. The number of thioether (sulfide) groups is 1. The lowest BCUT2D eigenvalue weighted by molar-refractivity contribution is 0.0656. The van der Waals surface area contributed by atoms with Crippen molar-refractivity contribution < 1.29 is 19.1 Å². The highest BCUT2D eigenvalue weighted by atomic mass is 32.2. The topological polar surface area (TPSA) is 59.7 Å². The van der Waals surface area contributed by atoms with Gasteiger partial charge in [0.05, 0.1) is 6.61 Å². The summed E-state index contributed by atoms with van der Waals surface area (Å²) >= 11 is 1.46. The fourth-order valence-corrected chi connectivity index (χ4v) is 1.85. The van der Waals surface area contributed by atoms with Crippen molar-refractivity contribution in [3.63, 3.8) is 0 Å². The van der Waals surface area contributed by atoms with Crippen molar-refractivity contribution in [3.05, 3.63) is 17.9 Å². The van der Waals surface area contributed by atoms with Crippen molar-refractivity contribution in [1.29, 1.82) is 0 Å². The van der Waals surface area contributed by atoms with E-state index in [0.29, 0.717) is 17.6 Å². The lowest BCUT2D eigenvalue weighted by Gasteiger charge is -2.05. The van der Waals surface area contributed by atoms with Crippen LogP contribution in [0.25, 0.3) is 0 Å². The Morgan fingerprint density at radius 3 is 2.82 bits per heavy atom. The molecule has 5 heteroatoms. The second kappa shape index (κ2) is 7.40. The van der Waals surface area contributed by atoms with E-state index in [4.69, 9.17) is 14.3 Å². The maximum Gasteiger partial charge on any atom is 0.371 e. The van der Waals surface area contributed by atoms with Crippen LogP contribution in [0.5, 0.6) is 0 Å². The Balaban J connectivity index is 2.11. The quantitative estimate of drug-likeness (QED) is 0.573. The third-order valence-electron chi connectivity index (χ3n) is 2.10. The number of carboxylic acid groups (broad SMARTS) is 1. The first-order valence-corrected chi connectivity index (χ1v) is 6.62. The average molecular weight is 258 g/mol. The number of ether oxygens (including phenoxy) is 1. The molecule has 0 saturated heterocycles. The van der Waals surface area contributed by atoms with Gasteiger partial charge in [-0.2, -0.15) is 0 Å². The largest absolute Gasteiger partial charge is 0.475 e. The molecular weight excluding hydrogens is 240 g/mol. The minimum Gasteiger partial charge on any atom is -0.475 e. The lowest BCUT2D eigenvalue weighted by atomic mass is 10.1. The van der Waals surface area contributed by atoms with Gasteiger partial charge in [0.15, 0.2) is 5.09 Å². The van der Waals surface area contributed by atoms with E-state index in [2.05, 4.69) is 13.8 Å². The Hall–Kier alpha value is -0.940. The molecule has 1 N–H and O–H groups in total. The molecule has 0 spiro atoms. The maximum absolute atomic E-state index is 10.6. The minimum atomic E-state index is -1.04. The highest BCUT2D eigenvalue weighted by Gasteiger charge is 2.08. The van der Waals surface area contributed by atoms with Gasteiger partial charge in [-0.25, -0.2) is 4.79 Å². The number of hydrogen-bond acceptors (Lipinski definition) is 4. The van der Waals surface area contributed by atoms with E-state index in [1.807, 2.05) is 0 Å². The Kier molecular flexibility index (Phi) is 6.15. The molecule has 0 amide bonds. The molecule has 1 heterocycles. The van der Waals surface area contributed by atoms with Crippen molar-refractivity contribution in [2.24, 2.45) is 5.92 Å². The van der Waals surface area contributed by atoms with Gasteiger partial charge in [0.2, 0.25) is 5.76 Å². The van der Waals surface area contributed by atoms with Gasteiger partial charge >= 0.3 is 5.97 Å². The van der Waals surface area contributed by atoms with E-state index in [-0.39, 0.29) is 5.76 Å². The summed E-state index contributed by atoms with van der Waals surface area (Å²) in [6.45, 7) is 5.75. The Labute approximate surface area is 105 Å². The zero-order valence-electron chi connectivity index (χ0n) is 10.1. The van der Waals surface area contributed by atoms with Crippen LogP contribution >= 0.6 is 11.8 Å². The standard InChI is InChI=1S/C12H18O4S/c1-9(2)5-6-15-7-8-17-11-4-3-10(16-11)12(13)14/h3-4,9H,5-8H2,1-2H3,(H,13,14). The molecule has 1 rings (SSSR count). The predicted molar refractivity (Wildman–Crippen MR) is 66.7 cm³/mol. The molecule has 0 atom stereocenters. The van der Waals surface area contributed by atoms with Crippen molar-refractivity contribution in [3.8, 4) is 0 Å². The van der Waals surface area contributed by atoms with Crippen LogP contribution in [-0.4, -0.2) is 30.0 Å².